The van der Waals surface area contributed by atoms with Crippen molar-refractivity contribution in [1.29, 1.82) is 0 Å². The van der Waals surface area contributed by atoms with Gasteiger partial charge < -0.3 is 33.7 Å². The molecular formula is C53H42IrN4O4-2. The number of allylic oxidation sites excluding steroid dienone is 2. The summed E-state index contributed by atoms with van der Waals surface area (Å²) in [4.78, 5) is 19.1. The molecule has 10 aromatic rings. The van der Waals surface area contributed by atoms with E-state index in [-0.39, 0.29) is 31.6 Å². The summed E-state index contributed by atoms with van der Waals surface area (Å²) < 4.78 is 15.0. The van der Waals surface area contributed by atoms with Crippen LogP contribution in [0.5, 0.6) is 11.5 Å². The molecule has 0 bridgehead atoms. The van der Waals surface area contributed by atoms with E-state index in [0.717, 1.165) is 45.4 Å². The van der Waals surface area contributed by atoms with E-state index in [0.29, 0.717) is 0 Å². The standard InChI is InChI=1S/2C24H17N2O.C5H8O2.Ir/c2*1-27-19-12-10-17(11-13-19)22-16-18(14-15-25-22)26-23-8-4-2-6-20(23)21-7-3-5-9-24(21)26;1-4(6)3-5(2)7;/h2*2-10,12-16H,1H3;3,6H,1-2H3;/q2*-1;;/b;;4-3-;. The van der Waals surface area contributed by atoms with Crippen molar-refractivity contribution >= 4 is 49.4 Å². The number of rotatable bonds is 7. The number of fused-ring (bicyclic) bond motifs is 6. The van der Waals surface area contributed by atoms with Crippen LogP contribution in [0.3, 0.4) is 0 Å². The summed E-state index contributed by atoms with van der Waals surface area (Å²) in [6, 6.07) is 60.3. The molecule has 0 aliphatic carbocycles. The summed E-state index contributed by atoms with van der Waals surface area (Å²) in [6.45, 7) is 2.85. The van der Waals surface area contributed by atoms with Gasteiger partial charge in [0.05, 0.1) is 42.0 Å². The molecule has 0 unspecified atom stereocenters. The first-order valence-corrected chi connectivity index (χ1v) is 19.7. The van der Waals surface area contributed by atoms with Gasteiger partial charge in [-0.3, -0.25) is 4.79 Å². The molecule has 0 atom stereocenters. The Morgan fingerprint density at radius 1 is 0.548 bits per heavy atom. The Balaban J connectivity index is 0.000000160. The molecule has 10 rings (SSSR count). The summed E-state index contributed by atoms with van der Waals surface area (Å²) >= 11 is 0. The minimum absolute atomic E-state index is 0. The number of para-hydroxylation sites is 4. The van der Waals surface area contributed by atoms with Crippen molar-refractivity contribution in [1.82, 2.24) is 19.1 Å². The molecule has 6 aromatic carbocycles. The Hall–Kier alpha value is -7.32. The van der Waals surface area contributed by atoms with Crippen LogP contribution < -0.4 is 9.47 Å². The summed E-state index contributed by atoms with van der Waals surface area (Å²) in [7, 11) is 3.31. The van der Waals surface area contributed by atoms with Crippen molar-refractivity contribution in [2.24, 2.45) is 0 Å². The number of aliphatic hydroxyl groups excluding tert-OH is 1. The molecule has 62 heavy (non-hydrogen) atoms. The van der Waals surface area contributed by atoms with E-state index in [1.807, 2.05) is 60.9 Å². The van der Waals surface area contributed by atoms with Crippen LogP contribution in [-0.4, -0.2) is 44.2 Å². The Labute approximate surface area is 373 Å². The number of hydrogen-bond donors (Lipinski definition) is 1. The largest absolute Gasteiger partial charge is 0.540 e. The maximum absolute atomic E-state index is 10.0. The van der Waals surface area contributed by atoms with E-state index >= 15 is 0 Å². The van der Waals surface area contributed by atoms with E-state index in [4.69, 9.17) is 14.6 Å². The molecule has 0 aliphatic rings. The number of methoxy groups -OCH3 is 2. The average molecular weight is 991 g/mol. The van der Waals surface area contributed by atoms with Crippen molar-refractivity contribution in [3.05, 3.63) is 194 Å². The molecule has 4 heterocycles. The Kier molecular flexibility index (Phi) is 13.4. The quantitative estimate of drug-likeness (QED) is 0.0972. The van der Waals surface area contributed by atoms with Crippen molar-refractivity contribution in [3.8, 4) is 45.4 Å². The molecule has 8 nitrogen and oxygen atoms in total. The molecule has 1 radical (unpaired) electrons. The van der Waals surface area contributed by atoms with Crippen molar-refractivity contribution < 1.29 is 39.5 Å². The van der Waals surface area contributed by atoms with Crippen LogP contribution in [0.25, 0.3) is 77.5 Å². The van der Waals surface area contributed by atoms with Crippen LogP contribution in [0.15, 0.2) is 182 Å². The van der Waals surface area contributed by atoms with E-state index in [1.54, 1.807) is 14.2 Å². The maximum atomic E-state index is 10.0. The van der Waals surface area contributed by atoms with Crippen LogP contribution in [0, 0.1) is 12.1 Å². The third kappa shape index (κ3) is 9.05. The number of benzene rings is 6. The normalized spacial score (nSPS) is 11.0. The van der Waals surface area contributed by atoms with Crippen LogP contribution >= 0.6 is 0 Å². The minimum Gasteiger partial charge on any atom is -0.540 e. The SMILES string of the molecule is CC(=O)/C=C(/C)O.COc1c[c-]c(-c2cc(-n3c4ccccc4c4ccccc43)ccn2)cc1.COc1c[c-]c(-c2cc(-n3c4ccccc4c4ccccc43)ccn2)cc1.[Ir]. The van der Waals surface area contributed by atoms with Crippen molar-refractivity contribution in [2.75, 3.05) is 14.2 Å². The Bertz CT molecular complexity index is 2860. The van der Waals surface area contributed by atoms with Gasteiger partial charge in [-0.2, -0.15) is 0 Å². The number of hydrogen-bond acceptors (Lipinski definition) is 6. The van der Waals surface area contributed by atoms with Gasteiger partial charge in [-0.05, 0) is 61.6 Å². The second-order valence-electron chi connectivity index (χ2n) is 14.2. The molecule has 4 aromatic heterocycles. The number of ether oxygens (including phenoxy) is 2. The second-order valence-corrected chi connectivity index (χ2v) is 14.2. The van der Waals surface area contributed by atoms with E-state index in [9.17, 15) is 4.79 Å². The molecule has 1 N–H and O–H groups in total. The molecule has 0 fully saturated rings. The van der Waals surface area contributed by atoms with Gasteiger partial charge in [0.2, 0.25) is 0 Å². The summed E-state index contributed by atoms with van der Waals surface area (Å²) in [6.07, 6.45) is 4.87. The predicted octanol–water partition coefficient (Wildman–Crippen LogP) is 12.3. The van der Waals surface area contributed by atoms with E-state index in [1.165, 1.54) is 63.5 Å². The number of carbonyl (C=O) groups is 1. The summed E-state index contributed by atoms with van der Waals surface area (Å²) in [5.74, 6) is 1.52. The molecule has 9 heteroatoms. The van der Waals surface area contributed by atoms with Crippen LogP contribution in [-0.2, 0) is 24.9 Å². The fraction of sp³-hybridized carbons (Fsp3) is 0.0755. The van der Waals surface area contributed by atoms with Crippen LogP contribution in [0.1, 0.15) is 13.8 Å². The second kappa shape index (κ2) is 19.4. The first-order valence-electron chi connectivity index (χ1n) is 19.7. The van der Waals surface area contributed by atoms with Gasteiger partial charge in [0.25, 0.3) is 0 Å². The van der Waals surface area contributed by atoms with Gasteiger partial charge in [0, 0.05) is 83.0 Å². The fourth-order valence-corrected chi connectivity index (χ4v) is 7.50. The Morgan fingerprint density at radius 2 is 0.903 bits per heavy atom. The fourth-order valence-electron chi connectivity index (χ4n) is 7.50. The topological polar surface area (TPSA) is 91.4 Å². The first-order chi connectivity index (χ1) is 29.8. The number of carbonyl (C=O) groups excluding carboxylic acids is 1. The molecular weight excluding hydrogens is 949 g/mol. The Morgan fingerprint density at radius 3 is 1.18 bits per heavy atom. The number of ketones is 1. The van der Waals surface area contributed by atoms with Gasteiger partial charge in [-0.1, -0.05) is 84.9 Å². The molecule has 0 spiro atoms. The van der Waals surface area contributed by atoms with Gasteiger partial charge in [0.1, 0.15) is 0 Å². The maximum Gasteiger partial charge on any atom is 0.155 e. The monoisotopic (exact) mass is 991 g/mol. The van der Waals surface area contributed by atoms with E-state index < -0.39 is 0 Å². The zero-order valence-electron chi connectivity index (χ0n) is 34.5. The number of pyridine rings is 2. The zero-order chi connectivity index (χ0) is 42.3. The third-order valence-electron chi connectivity index (χ3n) is 10.2. The van der Waals surface area contributed by atoms with Gasteiger partial charge in [-0.25, -0.2) is 0 Å². The van der Waals surface area contributed by atoms with Crippen LogP contribution in [0.4, 0.5) is 0 Å². The van der Waals surface area contributed by atoms with E-state index in [2.05, 4.69) is 140 Å². The van der Waals surface area contributed by atoms with Crippen LogP contribution in [0.2, 0.25) is 0 Å². The average Bonchev–Trinajstić information content (AvgIpc) is 3.82. The third-order valence-corrected chi connectivity index (χ3v) is 10.2. The van der Waals surface area contributed by atoms with Gasteiger partial charge in [0.15, 0.2) is 5.78 Å². The molecule has 0 amide bonds. The van der Waals surface area contributed by atoms with Gasteiger partial charge in [-0.15, -0.1) is 59.7 Å². The van der Waals surface area contributed by atoms with Gasteiger partial charge >= 0.3 is 0 Å². The van der Waals surface area contributed by atoms with Crippen molar-refractivity contribution in [3.63, 3.8) is 0 Å². The number of aliphatic hydroxyl groups is 1. The molecule has 309 valence electrons. The molecule has 0 saturated heterocycles. The summed E-state index contributed by atoms with van der Waals surface area (Å²) in [5.41, 5.74) is 10.6. The van der Waals surface area contributed by atoms with Crippen molar-refractivity contribution in [2.45, 2.75) is 13.8 Å². The first kappa shape index (κ1) is 42.8. The summed E-state index contributed by atoms with van der Waals surface area (Å²) in [5, 5.41) is 13.4. The predicted molar refractivity (Wildman–Crippen MR) is 246 cm³/mol. The minimum atomic E-state index is -0.125. The molecule has 0 aliphatic heterocycles. The smallest absolute Gasteiger partial charge is 0.155 e. The molecule has 0 saturated carbocycles. The number of aromatic nitrogens is 4. The zero-order valence-corrected chi connectivity index (χ0v) is 36.9. The number of nitrogens with zero attached hydrogens (tertiary/aromatic N) is 4.